The molecule has 5 nitrogen and oxygen atoms in total. The van der Waals surface area contributed by atoms with Gasteiger partial charge >= 0.3 is 0 Å². The summed E-state index contributed by atoms with van der Waals surface area (Å²) in [5.74, 6) is 0.423. The number of nitrogens with zero attached hydrogens (tertiary/aromatic N) is 2. The Balaban J connectivity index is 2.47. The molecule has 1 unspecified atom stereocenters. The first-order valence-electron chi connectivity index (χ1n) is 8.26. The van der Waals surface area contributed by atoms with Crippen molar-refractivity contribution in [2.45, 2.75) is 33.6 Å². The summed E-state index contributed by atoms with van der Waals surface area (Å²) < 4.78 is 5.22. The van der Waals surface area contributed by atoms with Crippen LogP contribution < -0.4 is 0 Å². The molecule has 1 heterocycles. The molecule has 5 heteroatoms. The highest BCUT2D eigenvalue weighted by molar-refractivity contribution is 5.45. The zero-order valence-electron chi connectivity index (χ0n) is 15.1. The van der Waals surface area contributed by atoms with Gasteiger partial charge in [0, 0.05) is 43.1 Å². The van der Waals surface area contributed by atoms with E-state index in [0.29, 0.717) is 12.5 Å². The van der Waals surface area contributed by atoms with E-state index in [0.717, 1.165) is 17.8 Å². The summed E-state index contributed by atoms with van der Waals surface area (Å²) in [6, 6.07) is 6.97. The minimum atomic E-state index is -0.334. The van der Waals surface area contributed by atoms with E-state index in [2.05, 4.69) is 38.7 Å². The number of hydrogen-bond acceptors (Lipinski definition) is 4. The minimum Gasteiger partial charge on any atom is -0.383 e. The number of nitro groups is 1. The molecule has 0 N–H and O–H groups in total. The Morgan fingerprint density at radius 1 is 1.33 bits per heavy atom. The maximum absolute atomic E-state index is 11.1. The first-order chi connectivity index (χ1) is 11.4. The number of rotatable bonds is 6. The van der Waals surface area contributed by atoms with Crippen LogP contribution in [0.25, 0.3) is 0 Å². The highest BCUT2D eigenvalue weighted by atomic mass is 16.6. The third kappa shape index (κ3) is 3.67. The van der Waals surface area contributed by atoms with Crippen molar-refractivity contribution in [3.05, 3.63) is 63.0 Å². The molecule has 0 bridgehead atoms. The minimum absolute atomic E-state index is 0.0729. The van der Waals surface area contributed by atoms with E-state index < -0.39 is 0 Å². The van der Waals surface area contributed by atoms with Crippen LogP contribution in [0.5, 0.6) is 0 Å². The molecule has 1 aromatic rings. The first-order valence-corrected chi connectivity index (χ1v) is 8.26. The number of ether oxygens (including phenoxy) is 1. The van der Waals surface area contributed by atoms with E-state index in [-0.39, 0.29) is 16.5 Å². The van der Waals surface area contributed by atoms with Crippen LogP contribution in [0.3, 0.4) is 0 Å². The molecule has 0 aromatic heterocycles. The summed E-state index contributed by atoms with van der Waals surface area (Å²) >= 11 is 0. The van der Waals surface area contributed by atoms with Gasteiger partial charge in [0.2, 0.25) is 0 Å². The zero-order valence-corrected chi connectivity index (χ0v) is 15.1. The van der Waals surface area contributed by atoms with E-state index in [1.165, 1.54) is 11.3 Å². The van der Waals surface area contributed by atoms with Crippen LogP contribution in [-0.4, -0.2) is 30.1 Å². The van der Waals surface area contributed by atoms with Crippen molar-refractivity contribution >= 4 is 5.69 Å². The van der Waals surface area contributed by atoms with Crippen LogP contribution in [0.15, 0.2) is 47.3 Å². The van der Waals surface area contributed by atoms with Crippen molar-refractivity contribution < 1.29 is 9.66 Å². The van der Waals surface area contributed by atoms with Crippen LogP contribution >= 0.6 is 0 Å². The predicted octanol–water partition coefficient (Wildman–Crippen LogP) is 4.47. The average Bonchev–Trinajstić information content (AvgIpc) is 2.53. The lowest BCUT2D eigenvalue weighted by Crippen LogP contribution is -2.30. The van der Waals surface area contributed by atoms with Crippen molar-refractivity contribution in [3.63, 3.8) is 0 Å². The Labute approximate surface area is 143 Å². The maximum atomic E-state index is 11.1. The Kier molecular flexibility index (Phi) is 5.78. The molecule has 1 aliphatic heterocycles. The number of non-ortho nitro benzene ring substituents is 1. The number of methoxy groups -OCH3 is 1. The van der Waals surface area contributed by atoms with Crippen LogP contribution in [-0.2, 0) is 4.74 Å². The van der Waals surface area contributed by atoms with Gasteiger partial charge in [-0.2, -0.15) is 0 Å². The molecular formula is C19H26N2O3. The van der Waals surface area contributed by atoms with Gasteiger partial charge in [-0.3, -0.25) is 10.1 Å². The van der Waals surface area contributed by atoms with Crippen LogP contribution in [0, 0.1) is 16.0 Å². The van der Waals surface area contributed by atoms with E-state index in [1.54, 1.807) is 25.3 Å². The van der Waals surface area contributed by atoms with Gasteiger partial charge in [0.15, 0.2) is 0 Å². The molecule has 0 radical (unpaired) electrons. The zero-order chi connectivity index (χ0) is 17.9. The van der Waals surface area contributed by atoms with Crippen molar-refractivity contribution in [2.75, 3.05) is 20.3 Å². The third-order valence-corrected chi connectivity index (χ3v) is 4.57. The van der Waals surface area contributed by atoms with E-state index in [4.69, 9.17) is 4.74 Å². The first kappa shape index (κ1) is 18.2. The Bertz CT molecular complexity index is 677. The van der Waals surface area contributed by atoms with E-state index in [1.807, 2.05) is 6.07 Å². The van der Waals surface area contributed by atoms with Gasteiger partial charge in [-0.25, -0.2) is 0 Å². The van der Waals surface area contributed by atoms with Gasteiger partial charge in [-0.05, 0) is 30.9 Å². The summed E-state index contributed by atoms with van der Waals surface area (Å²) in [5, 5.41) is 11.1. The highest BCUT2D eigenvalue weighted by Crippen LogP contribution is 2.40. The number of benzene rings is 1. The summed E-state index contributed by atoms with van der Waals surface area (Å²) in [5.41, 5.74) is 4.79. The third-order valence-electron chi connectivity index (χ3n) is 4.57. The van der Waals surface area contributed by atoms with Crippen molar-refractivity contribution in [1.82, 2.24) is 4.90 Å². The lowest BCUT2D eigenvalue weighted by molar-refractivity contribution is -0.384. The predicted molar refractivity (Wildman–Crippen MR) is 95.7 cm³/mol. The molecule has 0 spiro atoms. The molecule has 2 rings (SSSR count). The topological polar surface area (TPSA) is 55.6 Å². The van der Waals surface area contributed by atoms with Crippen LogP contribution in [0.1, 0.15) is 39.2 Å². The monoisotopic (exact) mass is 330 g/mol. The lowest BCUT2D eigenvalue weighted by atomic mass is 9.80. The standard InChI is InChI=1S/C19H26N2O3/c1-13(2)19-15(4)20(9-10-24-5)14(3)11-18(19)16-7-6-8-17(12-16)21(22)23/h6-8,11-13,18H,9-10H2,1-5H3. The van der Waals surface area contributed by atoms with Gasteiger partial charge in [-0.15, -0.1) is 0 Å². The molecule has 130 valence electrons. The number of allylic oxidation sites excluding steroid dienone is 4. The second-order valence-corrected chi connectivity index (χ2v) is 6.48. The summed E-state index contributed by atoms with van der Waals surface area (Å²) in [4.78, 5) is 13.0. The SMILES string of the molecule is COCCN1C(C)=CC(c2cccc([N+](=O)[O-])c2)C(C(C)C)=C1C. The Hall–Kier alpha value is -2.14. The Morgan fingerprint density at radius 2 is 2.04 bits per heavy atom. The molecule has 0 saturated carbocycles. The van der Waals surface area contributed by atoms with Crippen LogP contribution in [0.4, 0.5) is 5.69 Å². The molecule has 0 saturated heterocycles. The smallest absolute Gasteiger partial charge is 0.269 e. The fourth-order valence-corrected chi connectivity index (χ4v) is 3.48. The number of nitro benzene ring substituents is 1. The molecule has 0 aliphatic carbocycles. The van der Waals surface area contributed by atoms with Gasteiger partial charge in [0.05, 0.1) is 11.5 Å². The normalized spacial score (nSPS) is 18.2. The molecule has 0 amide bonds. The summed E-state index contributed by atoms with van der Waals surface area (Å²) in [6.07, 6.45) is 2.21. The quantitative estimate of drug-likeness (QED) is 0.570. The summed E-state index contributed by atoms with van der Waals surface area (Å²) in [7, 11) is 1.71. The van der Waals surface area contributed by atoms with Crippen molar-refractivity contribution in [3.8, 4) is 0 Å². The van der Waals surface area contributed by atoms with Gasteiger partial charge < -0.3 is 9.64 Å². The fraction of sp³-hybridized carbons (Fsp3) is 0.474. The second-order valence-electron chi connectivity index (χ2n) is 6.48. The van der Waals surface area contributed by atoms with Crippen molar-refractivity contribution in [1.29, 1.82) is 0 Å². The van der Waals surface area contributed by atoms with E-state index in [9.17, 15) is 10.1 Å². The molecule has 1 aliphatic rings. The summed E-state index contributed by atoms with van der Waals surface area (Å²) in [6.45, 7) is 10.0. The van der Waals surface area contributed by atoms with Crippen molar-refractivity contribution in [2.24, 2.45) is 5.92 Å². The molecule has 1 atom stereocenters. The van der Waals surface area contributed by atoms with Gasteiger partial charge in [-0.1, -0.05) is 32.1 Å². The van der Waals surface area contributed by atoms with E-state index >= 15 is 0 Å². The molecule has 1 aromatic carbocycles. The highest BCUT2D eigenvalue weighted by Gasteiger charge is 2.28. The molecule has 0 fully saturated rings. The maximum Gasteiger partial charge on any atom is 0.269 e. The van der Waals surface area contributed by atoms with Gasteiger partial charge in [0.1, 0.15) is 0 Å². The Morgan fingerprint density at radius 3 is 2.62 bits per heavy atom. The van der Waals surface area contributed by atoms with Crippen LogP contribution in [0.2, 0.25) is 0 Å². The molecule has 24 heavy (non-hydrogen) atoms. The average molecular weight is 330 g/mol. The number of hydrogen-bond donors (Lipinski definition) is 0. The lowest BCUT2D eigenvalue weighted by Gasteiger charge is -2.37. The fourth-order valence-electron chi connectivity index (χ4n) is 3.48. The van der Waals surface area contributed by atoms with Gasteiger partial charge in [0.25, 0.3) is 5.69 Å². The second kappa shape index (κ2) is 7.62. The largest absolute Gasteiger partial charge is 0.383 e. The molecular weight excluding hydrogens is 304 g/mol.